The molecule has 0 spiro atoms. The number of hydrazine groups is 1. The maximum absolute atomic E-state index is 13.3. The highest BCUT2D eigenvalue weighted by Gasteiger charge is 2.33. The SMILES string of the molecule is CCCCCCCc1cc(OCCCc2ccc(C(=O)O)cc2)cc2c3c(n(Cc4cccc(C(C)c5ccccc5)c4)c12)CCCC3C(=O)NN. The van der Waals surface area contributed by atoms with E-state index >= 15 is 0 Å². The number of carbonyl (C=O) groups is 2. The number of rotatable bonds is 17. The van der Waals surface area contributed by atoms with Crippen molar-refractivity contribution in [3.63, 3.8) is 0 Å². The van der Waals surface area contributed by atoms with E-state index in [4.69, 9.17) is 10.6 Å². The van der Waals surface area contributed by atoms with Gasteiger partial charge in [0.2, 0.25) is 5.91 Å². The first-order chi connectivity index (χ1) is 25.4. The molecule has 7 nitrogen and oxygen atoms in total. The predicted molar refractivity (Wildman–Crippen MR) is 209 cm³/mol. The molecule has 0 aliphatic heterocycles. The van der Waals surface area contributed by atoms with Crippen LogP contribution < -0.4 is 16.0 Å². The molecule has 4 N–H and O–H groups in total. The number of carboxylic acid groups (broad SMARTS) is 1. The lowest BCUT2D eigenvalue weighted by atomic mass is 9.84. The van der Waals surface area contributed by atoms with Crippen LogP contribution in [-0.4, -0.2) is 28.2 Å². The topological polar surface area (TPSA) is 107 Å². The van der Waals surface area contributed by atoms with E-state index in [0.29, 0.717) is 12.2 Å². The van der Waals surface area contributed by atoms with Crippen LogP contribution in [0, 0.1) is 0 Å². The monoisotopic (exact) mass is 699 g/mol. The van der Waals surface area contributed by atoms with Crippen molar-refractivity contribution in [3.8, 4) is 5.75 Å². The van der Waals surface area contributed by atoms with Gasteiger partial charge < -0.3 is 14.4 Å². The van der Waals surface area contributed by atoms with E-state index in [-0.39, 0.29) is 17.7 Å². The molecule has 1 heterocycles. The average molecular weight is 700 g/mol. The van der Waals surface area contributed by atoms with E-state index < -0.39 is 5.97 Å². The Balaban J connectivity index is 1.36. The molecule has 52 heavy (non-hydrogen) atoms. The Morgan fingerprint density at radius 3 is 2.40 bits per heavy atom. The van der Waals surface area contributed by atoms with Gasteiger partial charge in [-0.1, -0.05) is 106 Å². The van der Waals surface area contributed by atoms with Crippen molar-refractivity contribution in [2.75, 3.05) is 6.61 Å². The van der Waals surface area contributed by atoms with Crippen LogP contribution in [-0.2, 0) is 30.6 Å². The van der Waals surface area contributed by atoms with Crippen LogP contribution in [0.15, 0.2) is 91.0 Å². The van der Waals surface area contributed by atoms with Crippen molar-refractivity contribution in [1.82, 2.24) is 9.99 Å². The van der Waals surface area contributed by atoms with Gasteiger partial charge in [-0.25, -0.2) is 10.6 Å². The number of hydrogen-bond acceptors (Lipinski definition) is 4. The highest BCUT2D eigenvalue weighted by Crippen LogP contribution is 2.43. The Kier molecular flexibility index (Phi) is 12.5. The van der Waals surface area contributed by atoms with Gasteiger partial charge in [0, 0.05) is 23.5 Å². The molecular formula is C45H53N3O4. The second kappa shape index (κ2) is 17.6. The Bertz CT molecular complexity index is 1960. The van der Waals surface area contributed by atoms with Gasteiger partial charge >= 0.3 is 5.97 Å². The van der Waals surface area contributed by atoms with Crippen LogP contribution >= 0.6 is 0 Å². The number of amides is 1. The number of nitrogens with two attached hydrogens (primary N) is 1. The molecule has 272 valence electrons. The minimum Gasteiger partial charge on any atom is -0.494 e. The van der Waals surface area contributed by atoms with Crippen LogP contribution in [0.3, 0.4) is 0 Å². The third kappa shape index (κ3) is 8.59. The third-order valence-corrected chi connectivity index (χ3v) is 10.8. The maximum Gasteiger partial charge on any atom is 0.335 e. The van der Waals surface area contributed by atoms with E-state index in [9.17, 15) is 14.7 Å². The summed E-state index contributed by atoms with van der Waals surface area (Å²) < 4.78 is 8.98. The summed E-state index contributed by atoms with van der Waals surface area (Å²) in [6.45, 7) is 5.77. The van der Waals surface area contributed by atoms with Gasteiger partial charge in [0.05, 0.1) is 23.6 Å². The number of ether oxygens (including phenoxy) is 1. The van der Waals surface area contributed by atoms with Gasteiger partial charge in [-0.2, -0.15) is 0 Å². The van der Waals surface area contributed by atoms with Crippen LogP contribution in [0.5, 0.6) is 5.75 Å². The van der Waals surface area contributed by atoms with Crippen LogP contribution in [0.4, 0.5) is 0 Å². The molecule has 0 saturated carbocycles. The molecular weight excluding hydrogens is 647 g/mol. The standard InChI is InChI=1S/C45H53N3O4/c1-3-4-5-6-8-18-37-28-38(52-26-13-15-32-22-24-35(25-23-32)45(50)51)29-40-42-39(44(49)47-46)20-12-21-41(42)48(43(37)40)30-33-14-11-19-36(27-33)31(2)34-16-9-7-10-17-34/h7,9-11,14,16-17,19,22-25,27-29,31,39H,3-6,8,12-13,15,18,20-21,26,30,46H2,1-2H3,(H,47,49)(H,50,51). The largest absolute Gasteiger partial charge is 0.494 e. The molecule has 0 saturated heterocycles. The Morgan fingerprint density at radius 2 is 1.65 bits per heavy atom. The summed E-state index contributed by atoms with van der Waals surface area (Å²) in [6.07, 6.45) is 11.1. The zero-order valence-corrected chi connectivity index (χ0v) is 30.7. The number of aromatic nitrogens is 1. The molecule has 4 aromatic carbocycles. The number of benzene rings is 4. The van der Waals surface area contributed by atoms with E-state index in [1.54, 1.807) is 12.1 Å². The van der Waals surface area contributed by atoms with Crippen molar-refractivity contribution in [1.29, 1.82) is 0 Å². The van der Waals surface area contributed by atoms with Crippen LogP contribution in [0.25, 0.3) is 10.9 Å². The Hall–Kier alpha value is -4.88. The first kappa shape index (κ1) is 36.9. The summed E-state index contributed by atoms with van der Waals surface area (Å²) in [5.74, 6) is 5.51. The summed E-state index contributed by atoms with van der Waals surface area (Å²) in [5, 5.41) is 10.3. The number of nitrogens with zero attached hydrogens (tertiary/aromatic N) is 1. The van der Waals surface area contributed by atoms with Crippen LogP contribution in [0.1, 0.15) is 126 Å². The zero-order chi connectivity index (χ0) is 36.5. The molecule has 0 bridgehead atoms. The fourth-order valence-corrected chi connectivity index (χ4v) is 7.99. The smallest absolute Gasteiger partial charge is 0.335 e. The number of fused-ring (bicyclic) bond motifs is 3. The Morgan fingerprint density at radius 1 is 0.885 bits per heavy atom. The number of aromatic carboxylic acids is 1. The van der Waals surface area contributed by atoms with E-state index in [1.165, 1.54) is 59.1 Å². The summed E-state index contributed by atoms with van der Waals surface area (Å²) in [7, 11) is 0. The van der Waals surface area contributed by atoms with Gasteiger partial charge in [-0.05, 0) is 103 Å². The second-order valence-electron chi connectivity index (χ2n) is 14.4. The van der Waals surface area contributed by atoms with Crippen molar-refractivity contribution >= 4 is 22.8 Å². The zero-order valence-electron chi connectivity index (χ0n) is 30.7. The number of aryl methyl sites for hydroxylation is 2. The number of unbranched alkanes of at least 4 members (excludes halogenated alkanes) is 4. The lowest BCUT2D eigenvalue weighted by Gasteiger charge is -2.23. The molecule has 0 radical (unpaired) electrons. The summed E-state index contributed by atoms with van der Waals surface area (Å²) in [6, 6.07) is 31.1. The number of nitrogens with one attached hydrogen (secondary N) is 1. The minimum atomic E-state index is -0.917. The highest BCUT2D eigenvalue weighted by molar-refractivity contribution is 5.96. The van der Waals surface area contributed by atoms with Crippen molar-refractivity contribution in [3.05, 3.63) is 136 Å². The molecule has 1 amide bonds. The van der Waals surface area contributed by atoms with E-state index in [1.807, 2.05) is 12.1 Å². The lowest BCUT2D eigenvalue weighted by Crippen LogP contribution is -2.36. The van der Waals surface area contributed by atoms with Gasteiger partial charge in [-0.15, -0.1) is 0 Å². The number of carbonyl (C=O) groups excluding carboxylic acids is 1. The van der Waals surface area contributed by atoms with E-state index in [2.05, 4.69) is 90.6 Å². The summed E-state index contributed by atoms with van der Waals surface area (Å²) >= 11 is 0. The molecule has 6 rings (SSSR count). The minimum absolute atomic E-state index is 0.139. The van der Waals surface area contributed by atoms with Gasteiger partial charge in [-0.3, -0.25) is 10.2 Å². The van der Waals surface area contributed by atoms with E-state index in [0.717, 1.165) is 73.8 Å². The number of hydrogen-bond donors (Lipinski definition) is 3. The maximum atomic E-state index is 13.3. The predicted octanol–water partition coefficient (Wildman–Crippen LogP) is 9.47. The molecule has 2 atom stereocenters. The van der Waals surface area contributed by atoms with Crippen molar-refractivity contribution in [2.45, 2.75) is 103 Å². The normalized spacial score (nSPS) is 14.6. The lowest BCUT2D eigenvalue weighted by molar-refractivity contribution is -0.122. The molecule has 1 aromatic heterocycles. The first-order valence-corrected chi connectivity index (χ1v) is 19.1. The van der Waals surface area contributed by atoms with Gasteiger partial charge in [0.25, 0.3) is 0 Å². The highest BCUT2D eigenvalue weighted by atomic mass is 16.5. The average Bonchev–Trinajstić information content (AvgIpc) is 3.49. The molecule has 1 aliphatic rings. The van der Waals surface area contributed by atoms with Crippen molar-refractivity contribution in [2.24, 2.45) is 5.84 Å². The van der Waals surface area contributed by atoms with Gasteiger partial charge in [0.1, 0.15) is 5.75 Å². The fraction of sp³-hybridized carbons (Fsp3) is 0.378. The van der Waals surface area contributed by atoms with Gasteiger partial charge in [0.15, 0.2) is 0 Å². The third-order valence-electron chi connectivity index (χ3n) is 10.8. The fourth-order valence-electron chi connectivity index (χ4n) is 7.99. The molecule has 0 fully saturated rings. The second-order valence-corrected chi connectivity index (χ2v) is 14.4. The van der Waals surface area contributed by atoms with Crippen LogP contribution in [0.2, 0.25) is 0 Å². The first-order valence-electron chi connectivity index (χ1n) is 19.1. The van der Waals surface area contributed by atoms with Crippen molar-refractivity contribution < 1.29 is 19.4 Å². The Labute approximate surface area is 308 Å². The summed E-state index contributed by atoms with van der Waals surface area (Å²) in [4.78, 5) is 24.6. The quantitative estimate of drug-likeness (QED) is 0.0388. The molecule has 7 heteroatoms. The number of carboxylic acids is 1. The summed E-state index contributed by atoms with van der Waals surface area (Å²) in [5.41, 5.74) is 12.5. The molecule has 1 aliphatic carbocycles. The molecule has 2 unspecified atom stereocenters. The molecule has 5 aromatic rings.